The molecular formula is C42H48ClNO16. The number of hydrogen-bond acceptors (Lipinski definition) is 16. The molecule has 0 radical (unpaired) electrons. The van der Waals surface area contributed by atoms with Crippen molar-refractivity contribution >= 4 is 41.6 Å². The molecule has 10 atom stereocenters. The summed E-state index contributed by atoms with van der Waals surface area (Å²) in [5.74, 6) is -4.02. The van der Waals surface area contributed by atoms with Gasteiger partial charge in [-0.25, -0.2) is 9.59 Å². The van der Waals surface area contributed by atoms with Crippen molar-refractivity contribution in [2.45, 2.75) is 95.0 Å². The Morgan fingerprint density at radius 1 is 0.633 bits per heavy atom. The lowest BCUT2D eigenvalue weighted by molar-refractivity contribution is -0.350. The second-order valence-corrected chi connectivity index (χ2v) is 13.8. The summed E-state index contributed by atoms with van der Waals surface area (Å²) in [6.45, 7) is 1.67. The van der Waals surface area contributed by atoms with Gasteiger partial charge in [0.05, 0.1) is 20.3 Å². The van der Waals surface area contributed by atoms with Crippen LogP contribution in [0.3, 0.4) is 0 Å². The second-order valence-electron chi connectivity index (χ2n) is 13.5. The zero-order valence-corrected chi connectivity index (χ0v) is 34.1. The molecule has 0 aromatic heterocycles. The van der Waals surface area contributed by atoms with Gasteiger partial charge in [-0.1, -0.05) is 91.0 Å². The molecule has 3 aromatic rings. The number of halogens is 1. The van der Waals surface area contributed by atoms with Crippen LogP contribution < -0.4 is 5.32 Å². The van der Waals surface area contributed by atoms with Crippen molar-refractivity contribution in [3.05, 3.63) is 108 Å². The smallest absolute Gasteiger partial charge is 0.407 e. The third-order valence-corrected chi connectivity index (χ3v) is 9.51. The largest absolute Gasteiger partial charge is 0.467 e. The average Bonchev–Trinajstić information content (AvgIpc) is 3.25. The Labute approximate surface area is 351 Å². The molecule has 0 spiro atoms. The maximum absolute atomic E-state index is 13.5. The molecule has 2 saturated heterocycles. The van der Waals surface area contributed by atoms with Crippen LogP contribution >= 0.6 is 11.6 Å². The van der Waals surface area contributed by atoms with E-state index in [0.29, 0.717) is 5.56 Å². The van der Waals surface area contributed by atoms with Gasteiger partial charge in [-0.3, -0.25) is 14.4 Å². The molecule has 17 nitrogen and oxygen atoms in total. The standard InChI is InChI=1S/C42H48ClNO16/c1-25(45)52-24-30-33(34(53-21-27-14-8-5-9-15-27)32(40(51-4)57-30)44-42(49)55-23-29-18-12-7-13-19-29)59-41-38(56-26(2)46)35(54-22-28-16-10-6-11-17-28)36(58-31(47)20-43)37(60-41)39(48)50-3/h5-19,30,32-38,40-41H,20-24H2,1-4H3,(H,44,49)/t30-,32-,33-,34-,35+,36+,37-,38-,40+,41-/m1/s1. The monoisotopic (exact) mass is 857 g/mol. The summed E-state index contributed by atoms with van der Waals surface area (Å²) in [7, 11) is 2.43. The average molecular weight is 858 g/mol. The van der Waals surface area contributed by atoms with Gasteiger partial charge in [0.1, 0.15) is 49.6 Å². The van der Waals surface area contributed by atoms with Crippen LogP contribution in [-0.4, -0.2) is 118 Å². The number of amides is 1. The maximum atomic E-state index is 13.5. The summed E-state index contributed by atoms with van der Waals surface area (Å²) >= 11 is 5.82. The van der Waals surface area contributed by atoms with Crippen LogP contribution in [0.15, 0.2) is 91.0 Å². The van der Waals surface area contributed by atoms with Crippen molar-refractivity contribution in [1.82, 2.24) is 5.32 Å². The van der Waals surface area contributed by atoms with Gasteiger partial charge in [-0.05, 0) is 16.7 Å². The number of esters is 4. The Morgan fingerprint density at radius 2 is 1.20 bits per heavy atom. The number of benzene rings is 3. The first-order valence-corrected chi connectivity index (χ1v) is 19.5. The van der Waals surface area contributed by atoms with Crippen molar-refractivity contribution in [1.29, 1.82) is 0 Å². The Morgan fingerprint density at radius 3 is 1.72 bits per heavy atom. The fourth-order valence-corrected chi connectivity index (χ4v) is 6.65. The Bertz CT molecular complexity index is 1840. The Hall–Kier alpha value is -5.14. The van der Waals surface area contributed by atoms with Crippen LogP contribution in [0.25, 0.3) is 0 Å². The summed E-state index contributed by atoms with van der Waals surface area (Å²) in [5, 5.41) is 2.77. The van der Waals surface area contributed by atoms with Crippen molar-refractivity contribution in [3.63, 3.8) is 0 Å². The highest BCUT2D eigenvalue weighted by molar-refractivity contribution is 6.26. The van der Waals surface area contributed by atoms with Gasteiger partial charge in [-0.15, -0.1) is 11.6 Å². The van der Waals surface area contributed by atoms with Gasteiger partial charge in [-0.2, -0.15) is 0 Å². The molecule has 2 heterocycles. The molecule has 1 amide bonds. The fourth-order valence-electron chi connectivity index (χ4n) is 6.59. The van der Waals surface area contributed by atoms with Crippen molar-refractivity contribution in [2.75, 3.05) is 26.7 Å². The van der Waals surface area contributed by atoms with E-state index in [-0.39, 0.29) is 19.8 Å². The van der Waals surface area contributed by atoms with E-state index in [1.165, 1.54) is 14.0 Å². The molecule has 3 aromatic carbocycles. The predicted molar refractivity (Wildman–Crippen MR) is 208 cm³/mol. The van der Waals surface area contributed by atoms with E-state index in [1.54, 1.807) is 54.6 Å². The minimum absolute atomic E-state index is 0.0394. The molecule has 5 rings (SSSR count). The first-order chi connectivity index (χ1) is 29.0. The van der Waals surface area contributed by atoms with Crippen molar-refractivity contribution in [2.24, 2.45) is 0 Å². The maximum Gasteiger partial charge on any atom is 0.407 e. The summed E-state index contributed by atoms with van der Waals surface area (Å²) in [5.41, 5.74) is 2.13. The number of rotatable bonds is 18. The molecule has 1 N–H and O–H groups in total. The van der Waals surface area contributed by atoms with E-state index in [4.69, 9.17) is 63.7 Å². The summed E-state index contributed by atoms with van der Waals surface area (Å²) in [6.07, 6.45) is -14.0. The van der Waals surface area contributed by atoms with Crippen LogP contribution in [0.1, 0.15) is 30.5 Å². The van der Waals surface area contributed by atoms with Gasteiger partial charge in [0.2, 0.25) is 0 Å². The van der Waals surface area contributed by atoms with Crippen molar-refractivity contribution in [3.8, 4) is 0 Å². The van der Waals surface area contributed by atoms with E-state index >= 15 is 0 Å². The van der Waals surface area contributed by atoms with Crippen molar-refractivity contribution < 1.29 is 76.1 Å². The number of carbonyl (C=O) groups excluding carboxylic acids is 5. The summed E-state index contributed by atoms with van der Waals surface area (Å²) in [4.78, 5) is 64.6. The molecule has 324 valence electrons. The highest BCUT2D eigenvalue weighted by atomic mass is 35.5. The minimum Gasteiger partial charge on any atom is -0.467 e. The third-order valence-electron chi connectivity index (χ3n) is 9.30. The summed E-state index contributed by atoms with van der Waals surface area (Å²) < 4.78 is 65.1. The quantitative estimate of drug-likeness (QED) is 0.110. The molecule has 2 fully saturated rings. The van der Waals surface area contributed by atoms with E-state index in [0.717, 1.165) is 25.2 Å². The predicted octanol–water partition coefficient (Wildman–Crippen LogP) is 3.75. The minimum atomic E-state index is -1.73. The number of carbonyl (C=O) groups is 5. The SMILES string of the molecule is COC(=O)[C@@H]1O[C@@H](O[C@H]2[C@H](OCc3ccccc3)[C@@H](NC(=O)OCc3ccccc3)[C@@H](OC)O[C@@H]2COC(C)=O)[C@H](OC(C)=O)[C@@H](OCc2ccccc2)[C@@H]1OC(=O)CCl. The molecule has 0 unspecified atom stereocenters. The fraction of sp³-hybridized carbons (Fsp3) is 0.452. The van der Waals surface area contributed by atoms with Gasteiger partial charge in [0.15, 0.2) is 30.9 Å². The number of alkyl halides is 1. The topological polar surface area (TPSA) is 199 Å². The lowest BCUT2D eigenvalue weighted by atomic mass is 9.94. The summed E-state index contributed by atoms with van der Waals surface area (Å²) in [6, 6.07) is 25.8. The van der Waals surface area contributed by atoms with Crippen LogP contribution in [-0.2, 0) is 91.1 Å². The lowest BCUT2D eigenvalue weighted by Gasteiger charge is -2.49. The van der Waals surface area contributed by atoms with Crippen LogP contribution in [0.5, 0.6) is 0 Å². The molecular weight excluding hydrogens is 810 g/mol. The number of alkyl carbamates (subject to hydrolysis) is 1. The third kappa shape index (κ3) is 12.9. The zero-order chi connectivity index (χ0) is 43.0. The first kappa shape index (κ1) is 45.9. The first-order valence-electron chi connectivity index (χ1n) is 18.9. The van der Waals surface area contributed by atoms with E-state index < -0.39 is 104 Å². The van der Waals surface area contributed by atoms with Crippen LogP contribution in [0.2, 0.25) is 0 Å². The van der Waals surface area contributed by atoms with E-state index in [9.17, 15) is 24.0 Å². The van der Waals surface area contributed by atoms with Gasteiger partial charge in [0, 0.05) is 21.0 Å². The number of methoxy groups -OCH3 is 2. The molecule has 0 aliphatic carbocycles. The number of hydrogen-bond donors (Lipinski definition) is 1. The van der Waals surface area contributed by atoms with Crippen LogP contribution in [0.4, 0.5) is 4.79 Å². The molecule has 18 heteroatoms. The molecule has 2 aliphatic rings. The zero-order valence-electron chi connectivity index (χ0n) is 33.4. The Balaban J connectivity index is 1.57. The molecule has 0 bridgehead atoms. The number of nitrogens with one attached hydrogen (secondary N) is 1. The Kier molecular flexibility index (Phi) is 17.6. The molecule has 0 saturated carbocycles. The normalized spacial score (nSPS) is 26.2. The molecule has 60 heavy (non-hydrogen) atoms. The van der Waals surface area contributed by atoms with Gasteiger partial charge in [0.25, 0.3) is 0 Å². The lowest BCUT2D eigenvalue weighted by Crippen LogP contribution is -2.69. The highest BCUT2D eigenvalue weighted by Gasteiger charge is 2.57. The van der Waals surface area contributed by atoms with Gasteiger partial charge >= 0.3 is 30.0 Å². The van der Waals surface area contributed by atoms with E-state index in [1.807, 2.05) is 36.4 Å². The number of ether oxygens (including phenoxy) is 11. The highest BCUT2D eigenvalue weighted by Crippen LogP contribution is 2.35. The molecule has 2 aliphatic heterocycles. The van der Waals surface area contributed by atoms with E-state index in [2.05, 4.69) is 5.32 Å². The second kappa shape index (κ2) is 23.0. The van der Waals surface area contributed by atoms with Gasteiger partial charge < -0.3 is 57.4 Å². The van der Waals surface area contributed by atoms with Crippen LogP contribution in [0, 0.1) is 0 Å².